The lowest BCUT2D eigenvalue weighted by molar-refractivity contribution is 0.644. The second-order valence-electron chi connectivity index (χ2n) is 5.03. The van der Waals surface area contributed by atoms with Gasteiger partial charge in [-0.1, -0.05) is 28.9 Å². The molecule has 0 aliphatic heterocycles. The van der Waals surface area contributed by atoms with Crippen LogP contribution in [0.15, 0.2) is 22.7 Å². The van der Waals surface area contributed by atoms with Crippen molar-refractivity contribution in [1.29, 1.82) is 0 Å². The van der Waals surface area contributed by atoms with Crippen LogP contribution in [-0.2, 0) is 6.42 Å². The van der Waals surface area contributed by atoms with Gasteiger partial charge in [0.05, 0.1) is 0 Å². The van der Waals surface area contributed by atoms with Crippen molar-refractivity contribution in [2.45, 2.75) is 52.6 Å². The second kappa shape index (κ2) is 7.15. The van der Waals surface area contributed by atoms with Crippen molar-refractivity contribution in [1.82, 2.24) is 0 Å². The van der Waals surface area contributed by atoms with Gasteiger partial charge in [0, 0.05) is 28.8 Å². The molecule has 0 saturated carbocycles. The van der Waals surface area contributed by atoms with Crippen LogP contribution in [0.5, 0.6) is 0 Å². The Hall–Kier alpha value is -0.540. The first-order valence-electron chi connectivity index (χ1n) is 6.80. The number of rotatable bonds is 6. The van der Waals surface area contributed by atoms with E-state index in [2.05, 4.69) is 66.7 Å². The summed E-state index contributed by atoms with van der Waals surface area (Å²) >= 11 is 3.67. The number of halogens is 1. The molecule has 2 nitrogen and oxygen atoms in total. The highest BCUT2D eigenvalue weighted by atomic mass is 79.9. The monoisotopic (exact) mass is 312 g/mol. The lowest BCUT2D eigenvalue weighted by Gasteiger charge is -2.28. The summed E-state index contributed by atoms with van der Waals surface area (Å²) in [6.45, 7) is 9.79. The van der Waals surface area contributed by atoms with Gasteiger partial charge in [-0.25, -0.2) is 0 Å². The van der Waals surface area contributed by atoms with E-state index in [0.29, 0.717) is 6.04 Å². The molecule has 1 atom stereocenters. The third-order valence-electron chi connectivity index (χ3n) is 3.34. The van der Waals surface area contributed by atoms with Crippen LogP contribution in [0.25, 0.3) is 0 Å². The van der Waals surface area contributed by atoms with Gasteiger partial charge in [-0.3, -0.25) is 0 Å². The Balaban J connectivity index is 2.91. The van der Waals surface area contributed by atoms with E-state index in [4.69, 9.17) is 5.73 Å². The van der Waals surface area contributed by atoms with E-state index < -0.39 is 0 Å². The number of nitrogens with zero attached hydrogens (tertiary/aromatic N) is 1. The smallest absolute Gasteiger partial charge is 0.0379 e. The van der Waals surface area contributed by atoms with E-state index in [1.54, 1.807) is 0 Å². The van der Waals surface area contributed by atoms with Crippen molar-refractivity contribution >= 4 is 21.6 Å². The van der Waals surface area contributed by atoms with Gasteiger partial charge in [-0.2, -0.15) is 0 Å². The first kappa shape index (κ1) is 15.5. The van der Waals surface area contributed by atoms with E-state index >= 15 is 0 Å². The molecule has 0 radical (unpaired) electrons. The zero-order valence-electron chi connectivity index (χ0n) is 11.9. The van der Waals surface area contributed by atoms with Crippen LogP contribution < -0.4 is 10.6 Å². The Morgan fingerprint density at radius 1 is 1.28 bits per heavy atom. The fourth-order valence-corrected chi connectivity index (χ4v) is 2.68. The van der Waals surface area contributed by atoms with Crippen molar-refractivity contribution in [3.63, 3.8) is 0 Å². The van der Waals surface area contributed by atoms with Crippen molar-refractivity contribution in [2.75, 3.05) is 11.4 Å². The van der Waals surface area contributed by atoms with Crippen molar-refractivity contribution < 1.29 is 0 Å². The molecule has 0 heterocycles. The SMILES string of the molecule is CCC(N)Cc1ccc(N(CC)C(C)C)cc1Br. The average Bonchev–Trinajstić information content (AvgIpc) is 2.32. The molecule has 18 heavy (non-hydrogen) atoms. The molecule has 0 spiro atoms. The lowest BCUT2D eigenvalue weighted by atomic mass is 10.0. The molecule has 0 amide bonds. The zero-order chi connectivity index (χ0) is 13.7. The summed E-state index contributed by atoms with van der Waals surface area (Å²) in [5, 5.41) is 0. The number of hydrogen-bond donors (Lipinski definition) is 1. The lowest BCUT2D eigenvalue weighted by Crippen LogP contribution is -2.30. The Bertz CT molecular complexity index is 377. The van der Waals surface area contributed by atoms with Gasteiger partial charge in [0.15, 0.2) is 0 Å². The highest BCUT2D eigenvalue weighted by Gasteiger charge is 2.11. The minimum atomic E-state index is 0.250. The summed E-state index contributed by atoms with van der Waals surface area (Å²) in [7, 11) is 0. The molecular weight excluding hydrogens is 288 g/mol. The molecular formula is C15H25BrN2. The number of benzene rings is 1. The fraction of sp³-hybridized carbons (Fsp3) is 0.600. The largest absolute Gasteiger partial charge is 0.369 e. The zero-order valence-corrected chi connectivity index (χ0v) is 13.5. The van der Waals surface area contributed by atoms with E-state index in [0.717, 1.165) is 19.4 Å². The van der Waals surface area contributed by atoms with E-state index in [1.807, 2.05) is 0 Å². The van der Waals surface area contributed by atoms with Crippen molar-refractivity contribution in [2.24, 2.45) is 5.73 Å². The van der Waals surface area contributed by atoms with Gasteiger partial charge >= 0.3 is 0 Å². The molecule has 1 rings (SSSR count). The summed E-state index contributed by atoms with van der Waals surface area (Å²) in [4.78, 5) is 2.38. The minimum Gasteiger partial charge on any atom is -0.369 e. The molecule has 0 fully saturated rings. The van der Waals surface area contributed by atoms with Crippen molar-refractivity contribution in [3.05, 3.63) is 28.2 Å². The predicted molar refractivity (Wildman–Crippen MR) is 84.3 cm³/mol. The third-order valence-corrected chi connectivity index (χ3v) is 4.08. The molecule has 1 unspecified atom stereocenters. The van der Waals surface area contributed by atoms with Crippen LogP contribution >= 0.6 is 15.9 Å². The highest BCUT2D eigenvalue weighted by molar-refractivity contribution is 9.10. The van der Waals surface area contributed by atoms with Crippen LogP contribution in [0.3, 0.4) is 0 Å². The molecule has 0 aliphatic rings. The summed E-state index contributed by atoms with van der Waals surface area (Å²) in [5.74, 6) is 0. The molecule has 2 N–H and O–H groups in total. The maximum absolute atomic E-state index is 6.01. The summed E-state index contributed by atoms with van der Waals surface area (Å²) in [6, 6.07) is 7.37. The molecule has 3 heteroatoms. The van der Waals surface area contributed by atoms with Crippen LogP contribution in [0.1, 0.15) is 39.7 Å². The molecule has 0 bridgehead atoms. The van der Waals surface area contributed by atoms with E-state index in [-0.39, 0.29) is 6.04 Å². The number of hydrogen-bond acceptors (Lipinski definition) is 2. The Morgan fingerprint density at radius 2 is 1.94 bits per heavy atom. The number of nitrogens with two attached hydrogens (primary N) is 1. The first-order chi connectivity index (χ1) is 8.49. The second-order valence-corrected chi connectivity index (χ2v) is 5.88. The van der Waals surface area contributed by atoms with Gasteiger partial charge in [-0.05, 0) is 51.3 Å². The van der Waals surface area contributed by atoms with Gasteiger partial charge in [-0.15, -0.1) is 0 Å². The Kier molecular flexibility index (Phi) is 6.16. The molecule has 1 aromatic carbocycles. The summed E-state index contributed by atoms with van der Waals surface area (Å²) in [6.07, 6.45) is 1.95. The number of anilines is 1. The predicted octanol–water partition coefficient (Wildman–Crippen LogP) is 3.96. The normalized spacial score (nSPS) is 12.8. The molecule has 0 aliphatic carbocycles. The molecule has 0 saturated heterocycles. The van der Waals surface area contributed by atoms with Crippen LogP contribution in [0, 0.1) is 0 Å². The standard InChI is InChI=1S/C15H25BrN2/c1-5-13(17)9-12-7-8-14(10-15(12)16)18(6-2)11(3)4/h7-8,10-11,13H,5-6,9,17H2,1-4H3. The Labute approximate surface area is 120 Å². The fourth-order valence-electron chi connectivity index (χ4n) is 2.15. The van der Waals surface area contributed by atoms with E-state index in [9.17, 15) is 0 Å². The minimum absolute atomic E-state index is 0.250. The first-order valence-corrected chi connectivity index (χ1v) is 7.59. The van der Waals surface area contributed by atoms with Gasteiger partial charge in [0.25, 0.3) is 0 Å². The highest BCUT2D eigenvalue weighted by Crippen LogP contribution is 2.26. The topological polar surface area (TPSA) is 29.3 Å². The molecule has 0 aromatic heterocycles. The van der Waals surface area contributed by atoms with Crippen LogP contribution in [0.2, 0.25) is 0 Å². The maximum atomic E-state index is 6.01. The van der Waals surface area contributed by atoms with Crippen LogP contribution in [-0.4, -0.2) is 18.6 Å². The van der Waals surface area contributed by atoms with Gasteiger partial charge < -0.3 is 10.6 Å². The third kappa shape index (κ3) is 3.99. The van der Waals surface area contributed by atoms with Crippen LogP contribution in [0.4, 0.5) is 5.69 Å². The molecule has 1 aromatic rings. The summed E-state index contributed by atoms with van der Waals surface area (Å²) in [5.41, 5.74) is 8.59. The van der Waals surface area contributed by atoms with Gasteiger partial charge in [0.2, 0.25) is 0 Å². The van der Waals surface area contributed by atoms with Gasteiger partial charge in [0.1, 0.15) is 0 Å². The molecule has 102 valence electrons. The quantitative estimate of drug-likeness (QED) is 0.861. The van der Waals surface area contributed by atoms with E-state index in [1.165, 1.54) is 15.7 Å². The summed E-state index contributed by atoms with van der Waals surface area (Å²) < 4.78 is 1.17. The Morgan fingerprint density at radius 3 is 2.39 bits per heavy atom. The average molecular weight is 313 g/mol. The van der Waals surface area contributed by atoms with Crippen molar-refractivity contribution in [3.8, 4) is 0 Å². The maximum Gasteiger partial charge on any atom is 0.0379 e.